The third kappa shape index (κ3) is 6.22. The number of anilines is 2. The summed E-state index contributed by atoms with van der Waals surface area (Å²) >= 11 is 0. The number of hydrogen-bond donors (Lipinski definition) is 1. The quantitative estimate of drug-likeness (QED) is 0.866. The Bertz CT molecular complexity index is 618. The average Bonchev–Trinajstić information content (AvgIpc) is 2.47. The molecule has 0 radical (unpaired) electrons. The van der Waals surface area contributed by atoms with Crippen LogP contribution in [-0.4, -0.2) is 39.4 Å². The summed E-state index contributed by atoms with van der Waals surface area (Å²) in [5, 5.41) is 2.81. The highest BCUT2D eigenvalue weighted by atomic mass is 32.2. The van der Waals surface area contributed by atoms with Gasteiger partial charge in [-0.15, -0.1) is 0 Å². The summed E-state index contributed by atoms with van der Waals surface area (Å²) in [7, 11) is -3.00. The minimum absolute atomic E-state index is 0.0484. The number of benzene rings is 1. The Labute approximate surface area is 139 Å². The molecule has 1 saturated heterocycles. The molecule has 1 fully saturated rings. The van der Waals surface area contributed by atoms with Gasteiger partial charge in [0.05, 0.1) is 5.75 Å². The number of piperidine rings is 1. The van der Waals surface area contributed by atoms with E-state index in [9.17, 15) is 13.2 Å². The van der Waals surface area contributed by atoms with Crippen molar-refractivity contribution in [1.82, 2.24) is 0 Å². The predicted octanol–water partition coefficient (Wildman–Crippen LogP) is 2.69. The average molecular weight is 338 g/mol. The van der Waals surface area contributed by atoms with Crippen molar-refractivity contribution in [1.29, 1.82) is 0 Å². The Balaban J connectivity index is 1.81. The van der Waals surface area contributed by atoms with Gasteiger partial charge >= 0.3 is 0 Å². The molecule has 1 aliphatic rings. The molecule has 0 aromatic heterocycles. The fraction of sp³-hybridized carbons (Fsp3) is 0.588. The van der Waals surface area contributed by atoms with E-state index in [-0.39, 0.29) is 18.1 Å². The number of sulfone groups is 1. The van der Waals surface area contributed by atoms with E-state index in [1.54, 1.807) is 0 Å². The van der Waals surface area contributed by atoms with Crippen molar-refractivity contribution in [2.24, 2.45) is 5.92 Å². The lowest BCUT2D eigenvalue weighted by molar-refractivity contribution is -0.116. The van der Waals surface area contributed by atoms with Crippen LogP contribution in [0.15, 0.2) is 24.3 Å². The molecular formula is C17H26N2O3S. The molecule has 1 heterocycles. The highest BCUT2D eigenvalue weighted by Crippen LogP contribution is 2.24. The van der Waals surface area contributed by atoms with Crippen LogP contribution in [0.4, 0.5) is 11.4 Å². The van der Waals surface area contributed by atoms with Crippen LogP contribution < -0.4 is 10.2 Å². The number of carbonyl (C=O) groups excluding carboxylic acids is 1. The number of nitrogens with one attached hydrogen (secondary N) is 1. The predicted molar refractivity (Wildman–Crippen MR) is 94.6 cm³/mol. The zero-order valence-electron chi connectivity index (χ0n) is 13.9. The van der Waals surface area contributed by atoms with E-state index < -0.39 is 9.84 Å². The largest absolute Gasteiger partial charge is 0.372 e. The van der Waals surface area contributed by atoms with Gasteiger partial charge in [-0.3, -0.25) is 4.79 Å². The highest BCUT2D eigenvalue weighted by Gasteiger charge is 2.15. The van der Waals surface area contributed by atoms with Crippen LogP contribution in [0.3, 0.4) is 0 Å². The molecule has 0 atom stereocenters. The summed E-state index contributed by atoms with van der Waals surface area (Å²) in [6.45, 7) is 4.45. The second-order valence-electron chi connectivity index (χ2n) is 6.50. The smallest absolute Gasteiger partial charge is 0.224 e. The van der Waals surface area contributed by atoms with Crippen molar-refractivity contribution >= 4 is 27.1 Å². The van der Waals surface area contributed by atoms with Gasteiger partial charge in [0.25, 0.3) is 0 Å². The number of hydrogen-bond acceptors (Lipinski definition) is 4. The molecule has 0 spiro atoms. The van der Waals surface area contributed by atoms with Crippen LogP contribution in [0.2, 0.25) is 0 Å². The molecule has 1 amide bonds. The summed E-state index contributed by atoms with van der Waals surface area (Å²) in [5.74, 6) is 0.706. The molecule has 1 N–H and O–H groups in total. The first kappa shape index (κ1) is 17.8. The number of carbonyl (C=O) groups is 1. The SMILES string of the molecule is CC1CCN(c2ccc(NC(=O)CCCS(C)(=O)=O)cc2)CC1. The van der Waals surface area contributed by atoms with Gasteiger partial charge in [-0.1, -0.05) is 6.92 Å². The molecular weight excluding hydrogens is 312 g/mol. The molecule has 0 aliphatic carbocycles. The first-order chi connectivity index (χ1) is 10.8. The fourth-order valence-corrected chi connectivity index (χ4v) is 3.41. The van der Waals surface area contributed by atoms with Crippen LogP contribution in [0.25, 0.3) is 0 Å². The molecule has 23 heavy (non-hydrogen) atoms. The molecule has 5 nitrogen and oxygen atoms in total. The van der Waals surface area contributed by atoms with E-state index in [4.69, 9.17) is 0 Å². The minimum atomic E-state index is -3.00. The van der Waals surface area contributed by atoms with E-state index in [1.165, 1.54) is 24.8 Å². The van der Waals surface area contributed by atoms with Gasteiger partial charge in [-0.2, -0.15) is 0 Å². The van der Waals surface area contributed by atoms with Crippen LogP contribution >= 0.6 is 0 Å². The van der Waals surface area contributed by atoms with Gasteiger partial charge in [0, 0.05) is 37.1 Å². The number of rotatable bonds is 6. The molecule has 0 bridgehead atoms. The Morgan fingerprint density at radius 2 is 1.83 bits per heavy atom. The third-order valence-corrected chi connectivity index (χ3v) is 5.25. The Morgan fingerprint density at radius 3 is 2.39 bits per heavy atom. The molecule has 2 rings (SSSR count). The van der Waals surface area contributed by atoms with Crippen molar-refractivity contribution in [2.75, 3.05) is 35.3 Å². The van der Waals surface area contributed by atoms with Gasteiger partial charge in [0.1, 0.15) is 9.84 Å². The highest BCUT2D eigenvalue weighted by molar-refractivity contribution is 7.90. The van der Waals surface area contributed by atoms with Crippen molar-refractivity contribution in [2.45, 2.75) is 32.6 Å². The first-order valence-corrected chi connectivity index (χ1v) is 10.2. The summed E-state index contributed by atoms with van der Waals surface area (Å²) in [6.07, 6.45) is 4.20. The summed E-state index contributed by atoms with van der Waals surface area (Å²) < 4.78 is 22.1. The standard InChI is InChI=1S/C17H26N2O3S/c1-14-9-11-19(12-10-14)16-7-5-15(6-8-16)18-17(20)4-3-13-23(2,21)22/h5-8,14H,3-4,9-13H2,1-2H3,(H,18,20). The second-order valence-corrected chi connectivity index (χ2v) is 8.76. The second kappa shape index (κ2) is 7.81. The molecule has 0 unspecified atom stereocenters. The Hall–Kier alpha value is -1.56. The van der Waals surface area contributed by atoms with Crippen molar-refractivity contribution in [3.8, 4) is 0 Å². The van der Waals surface area contributed by atoms with Crippen LogP contribution in [0.5, 0.6) is 0 Å². The summed E-state index contributed by atoms with van der Waals surface area (Å²) in [6, 6.07) is 7.87. The fourth-order valence-electron chi connectivity index (χ4n) is 2.74. The van der Waals surface area contributed by atoms with E-state index >= 15 is 0 Å². The molecule has 6 heteroatoms. The lowest BCUT2D eigenvalue weighted by atomic mass is 9.99. The Morgan fingerprint density at radius 1 is 1.22 bits per heavy atom. The van der Waals surface area contributed by atoms with Crippen molar-refractivity contribution < 1.29 is 13.2 Å². The van der Waals surface area contributed by atoms with E-state index in [0.29, 0.717) is 6.42 Å². The molecule has 1 aliphatic heterocycles. The number of nitrogens with zero attached hydrogens (tertiary/aromatic N) is 1. The maximum Gasteiger partial charge on any atom is 0.224 e. The van der Waals surface area contributed by atoms with E-state index in [0.717, 1.165) is 24.7 Å². The van der Waals surface area contributed by atoms with Gasteiger partial charge in [0.15, 0.2) is 0 Å². The lowest BCUT2D eigenvalue weighted by Gasteiger charge is -2.32. The van der Waals surface area contributed by atoms with E-state index in [2.05, 4.69) is 17.1 Å². The normalized spacial score (nSPS) is 16.3. The molecule has 1 aromatic carbocycles. The van der Waals surface area contributed by atoms with Gasteiger partial charge in [0.2, 0.25) is 5.91 Å². The van der Waals surface area contributed by atoms with Crippen molar-refractivity contribution in [3.05, 3.63) is 24.3 Å². The van der Waals surface area contributed by atoms with Crippen LogP contribution in [0, 0.1) is 5.92 Å². The maximum absolute atomic E-state index is 11.8. The maximum atomic E-state index is 11.8. The minimum Gasteiger partial charge on any atom is -0.372 e. The monoisotopic (exact) mass is 338 g/mol. The number of amides is 1. The van der Waals surface area contributed by atoms with Crippen LogP contribution in [-0.2, 0) is 14.6 Å². The topological polar surface area (TPSA) is 66.5 Å². The van der Waals surface area contributed by atoms with Gasteiger partial charge in [-0.05, 0) is 49.4 Å². The molecule has 0 saturated carbocycles. The Kier molecular flexibility index (Phi) is 6.04. The van der Waals surface area contributed by atoms with Gasteiger partial charge in [-0.25, -0.2) is 8.42 Å². The lowest BCUT2D eigenvalue weighted by Crippen LogP contribution is -2.32. The third-order valence-electron chi connectivity index (χ3n) is 4.22. The molecule has 128 valence electrons. The summed E-state index contributed by atoms with van der Waals surface area (Å²) in [4.78, 5) is 14.2. The zero-order valence-corrected chi connectivity index (χ0v) is 14.7. The molecule has 1 aromatic rings. The summed E-state index contributed by atoms with van der Waals surface area (Å²) in [5.41, 5.74) is 1.94. The van der Waals surface area contributed by atoms with Crippen LogP contribution in [0.1, 0.15) is 32.6 Å². The zero-order chi connectivity index (χ0) is 16.9. The van der Waals surface area contributed by atoms with Gasteiger partial charge < -0.3 is 10.2 Å². The van der Waals surface area contributed by atoms with E-state index in [1.807, 2.05) is 24.3 Å². The van der Waals surface area contributed by atoms with Crippen molar-refractivity contribution in [3.63, 3.8) is 0 Å². The first-order valence-electron chi connectivity index (χ1n) is 8.16.